The molecule has 3 N–H and O–H groups in total. The zero-order valence-electron chi connectivity index (χ0n) is 8.90. The molecule has 0 aliphatic rings. The van der Waals surface area contributed by atoms with E-state index in [9.17, 15) is 8.78 Å². The number of halogens is 2. The lowest BCUT2D eigenvalue weighted by Crippen LogP contribution is -2.07. The van der Waals surface area contributed by atoms with Crippen molar-refractivity contribution in [3.63, 3.8) is 0 Å². The molecule has 0 atom stereocenters. The van der Waals surface area contributed by atoms with Gasteiger partial charge in [-0.2, -0.15) is 5.10 Å². The Bertz CT molecular complexity index is 540. The van der Waals surface area contributed by atoms with Crippen LogP contribution in [0.15, 0.2) is 24.4 Å². The van der Waals surface area contributed by atoms with Gasteiger partial charge in [-0.15, -0.1) is 0 Å². The van der Waals surface area contributed by atoms with Crippen LogP contribution in [0.2, 0.25) is 0 Å². The summed E-state index contributed by atoms with van der Waals surface area (Å²) in [5.41, 5.74) is 6.47. The van der Waals surface area contributed by atoms with Gasteiger partial charge in [-0.25, -0.2) is 8.78 Å². The predicted molar refractivity (Wildman–Crippen MR) is 59.1 cm³/mol. The number of nitrogens with zero attached hydrogens (tertiary/aromatic N) is 2. The highest BCUT2D eigenvalue weighted by molar-refractivity contribution is 5.72. The molecule has 2 rings (SSSR count). The van der Waals surface area contributed by atoms with Crippen molar-refractivity contribution >= 4 is 5.69 Å². The Morgan fingerprint density at radius 2 is 2.12 bits per heavy atom. The maximum atomic E-state index is 13.6. The van der Waals surface area contributed by atoms with Crippen LogP contribution >= 0.6 is 0 Å². The van der Waals surface area contributed by atoms with Crippen LogP contribution in [0, 0.1) is 11.6 Å². The van der Waals surface area contributed by atoms with E-state index in [1.165, 1.54) is 16.9 Å². The molecular weight excluding hydrogens is 228 g/mol. The normalized spacial score (nSPS) is 10.8. The molecule has 0 radical (unpaired) electrons. The molecule has 0 amide bonds. The molecular formula is C11H11F2N3O. The van der Waals surface area contributed by atoms with E-state index in [0.717, 1.165) is 12.1 Å². The van der Waals surface area contributed by atoms with Crippen LogP contribution in [-0.4, -0.2) is 21.5 Å². The van der Waals surface area contributed by atoms with E-state index >= 15 is 0 Å². The van der Waals surface area contributed by atoms with Crippen molar-refractivity contribution in [3.05, 3.63) is 36.0 Å². The van der Waals surface area contributed by atoms with Crippen LogP contribution in [-0.2, 0) is 6.54 Å². The number of nitrogen functional groups attached to an aromatic ring is 1. The third-order valence-electron chi connectivity index (χ3n) is 2.37. The van der Waals surface area contributed by atoms with Gasteiger partial charge < -0.3 is 10.8 Å². The Morgan fingerprint density at radius 1 is 1.35 bits per heavy atom. The van der Waals surface area contributed by atoms with Crippen LogP contribution in [0.1, 0.15) is 0 Å². The number of benzene rings is 1. The molecule has 4 nitrogen and oxygen atoms in total. The number of aliphatic hydroxyl groups is 1. The Balaban J connectivity index is 2.55. The van der Waals surface area contributed by atoms with Crippen LogP contribution in [0.3, 0.4) is 0 Å². The average molecular weight is 239 g/mol. The second-order valence-electron chi connectivity index (χ2n) is 3.52. The van der Waals surface area contributed by atoms with Gasteiger partial charge in [0.1, 0.15) is 11.6 Å². The fourth-order valence-electron chi connectivity index (χ4n) is 1.64. The SMILES string of the molecule is Nc1cnn(CCO)c1-c1ccc(F)cc1F. The summed E-state index contributed by atoms with van der Waals surface area (Å²) in [5.74, 6) is -1.37. The zero-order chi connectivity index (χ0) is 12.4. The summed E-state index contributed by atoms with van der Waals surface area (Å²) in [5, 5.41) is 12.8. The Morgan fingerprint density at radius 3 is 2.76 bits per heavy atom. The summed E-state index contributed by atoms with van der Waals surface area (Å²) >= 11 is 0. The molecule has 1 aromatic carbocycles. The van der Waals surface area contributed by atoms with Gasteiger partial charge in [0.25, 0.3) is 0 Å². The summed E-state index contributed by atoms with van der Waals surface area (Å²) in [6.07, 6.45) is 1.37. The first kappa shape index (κ1) is 11.5. The van der Waals surface area contributed by atoms with Crippen molar-refractivity contribution in [2.45, 2.75) is 6.54 Å². The Hall–Kier alpha value is -1.95. The van der Waals surface area contributed by atoms with Gasteiger partial charge in [0.05, 0.1) is 30.7 Å². The average Bonchev–Trinajstić information content (AvgIpc) is 2.62. The summed E-state index contributed by atoms with van der Waals surface area (Å²) in [6.45, 7) is 0.0558. The van der Waals surface area contributed by atoms with Crippen LogP contribution < -0.4 is 5.73 Å². The fraction of sp³-hybridized carbons (Fsp3) is 0.182. The van der Waals surface area contributed by atoms with Crippen molar-refractivity contribution in [2.75, 3.05) is 12.3 Å². The molecule has 2 aromatic rings. The molecule has 0 aliphatic carbocycles. The minimum absolute atomic E-state index is 0.142. The summed E-state index contributed by atoms with van der Waals surface area (Å²) in [6, 6.07) is 3.23. The fourth-order valence-corrected chi connectivity index (χ4v) is 1.64. The Kier molecular flexibility index (Phi) is 3.06. The van der Waals surface area contributed by atoms with Crippen molar-refractivity contribution < 1.29 is 13.9 Å². The first-order chi connectivity index (χ1) is 8.13. The quantitative estimate of drug-likeness (QED) is 0.851. The maximum absolute atomic E-state index is 13.6. The smallest absolute Gasteiger partial charge is 0.135 e. The number of aliphatic hydroxyl groups excluding tert-OH is 1. The zero-order valence-corrected chi connectivity index (χ0v) is 8.90. The number of nitrogens with two attached hydrogens (primary N) is 1. The standard InChI is InChI=1S/C11H11F2N3O/c12-7-1-2-8(9(13)5-7)11-10(14)6-15-16(11)3-4-17/h1-2,5-6,17H,3-4,14H2. The molecule has 0 aliphatic heterocycles. The second-order valence-corrected chi connectivity index (χ2v) is 3.52. The lowest BCUT2D eigenvalue weighted by atomic mass is 10.1. The molecule has 90 valence electrons. The van der Waals surface area contributed by atoms with E-state index in [-0.39, 0.29) is 24.4 Å². The van der Waals surface area contributed by atoms with Gasteiger partial charge in [0.15, 0.2) is 0 Å². The third-order valence-corrected chi connectivity index (χ3v) is 2.37. The number of hydrogen-bond donors (Lipinski definition) is 2. The molecule has 1 heterocycles. The highest BCUT2D eigenvalue weighted by Gasteiger charge is 2.15. The van der Waals surface area contributed by atoms with E-state index in [2.05, 4.69) is 5.10 Å². The summed E-state index contributed by atoms with van der Waals surface area (Å²) in [4.78, 5) is 0. The van der Waals surface area contributed by atoms with Crippen molar-refractivity contribution in [1.29, 1.82) is 0 Å². The maximum Gasteiger partial charge on any atom is 0.135 e. The summed E-state index contributed by atoms with van der Waals surface area (Å²) < 4.78 is 27.8. The predicted octanol–water partition coefficient (Wildman–Crippen LogP) is 1.40. The van der Waals surface area contributed by atoms with Gasteiger partial charge in [0.2, 0.25) is 0 Å². The highest BCUT2D eigenvalue weighted by Crippen LogP contribution is 2.28. The van der Waals surface area contributed by atoms with E-state index in [0.29, 0.717) is 5.69 Å². The third kappa shape index (κ3) is 2.12. The van der Waals surface area contributed by atoms with Gasteiger partial charge in [-0.05, 0) is 12.1 Å². The molecule has 0 spiro atoms. The topological polar surface area (TPSA) is 64.1 Å². The number of anilines is 1. The number of rotatable bonds is 3. The molecule has 1 aromatic heterocycles. The van der Waals surface area contributed by atoms with Crippen molar-refractivity contribution in [2.24, 2.45) is 0 Å². The van der Waals surface area contributed by atoms with Crippen LogP contribution in [0.4, 0.5) is 14.5 Å². The lowest BCUT2D eigenvalue weighted by Gasteiger charge is -2.08. The lowest BCUT2D eigenvalue weighted by molar-refractivity contribution is 0.270. The second kappa shape index (κ2) is 4.50. The van der Waals surface area contributed by atoms with Crippen molar-refractivity contribution in [1.82, 2.24) is 9.78 Å². The van der Waals surface area contributed by atoms with E-state index in [1.807, 2.05) is 0 Å². The molecule has 17 heavy (non-hydrogen) atoms. The summed E-state index contributed by atoms with van der Waals surface area (Å²) in [7, 11) is 0. The minimum Gasteiger partial charge on any atom is -0.396 e. The largest absolute Gasteiger partial charge is 0.396 e. The molecule has 0 saturated heterocycles. The van der Waals surface area contributed by atoms with E-state index in [4.69, 9.17) is 10.8 Å². The molecule has 0 saturated carbocycles. The van der Waals surface area contributed by atoms with Crippen LogP contribution in [0.25, 0.3) is 11.3 Å². The van der Waals surface area contributed by atoms with Gasteiger partial charge in [0, 0.05) is 11.6 Å². The molecule has 0 bridgehead atoms. The Labute approximate surface area is 96.3 Å². The number of aromatic nitrogens is 2. The van der Waals surface area contributed by atoms with Gasteiger partial charge >= 0.3 is 0 Å². The molecule has 6 heteroatoms. The van der Waals surface area contributed by atoms with Crippen LogP contribution in [0.5, 0.6) is 0 Å². The number of hydrogen-bond acceptors (Lipinski definition) is 3. The van der Waals surface area contributed by atoms with Gasteiger partial charge in [-0.3, -0.25) is 4.68 Å². The monoisotopic (exact) mass is 239 g/mol. The molecule has 0 fully saturated rings. The molecule has 0 unspecified atom stereocenters. The van der Waals surface area contributed by atoms with E-state index in [1.54, 1.807) is 0 Å². The van der Waals surface area contributed by atoms with Gasteiger partial charge in [-0.1, -0.05) is 0 Å². The highest BCUT2D eigenvalue weighted by atomic mass is 19.1. The minimum atomic E-state index is -0.712. The van der Waals surface area contributed by atoms with Crippen molar-refractivity contribution in [3.8, 4) is 11.3 Å². The first-order valence-electron chi connectivity index (χ1n) is 5.01. The first-order valence-corrected chi connectivity index (χ1v) is 5.01. The van der Waals surface area contributed by atoms with E-state index < -0.39 is 11.6 Å².